The van der Waals surface area contributed by atoms with Crippen molar-refractivity contribution in [1.82, 2.24) is 4.90 Å². The normalized spacial score (nSPS) is 22.4. The molecule has 20 heavy (non-hydrogen) atoms. The first kappa shape index (κ1) is 16.0. The summed E-state index contributed by atoms with van der Waals surface area (Å²) in [6.07, 6.45) is 15.9. The third kappa shape index (κ3) is 3.84. The van der Waals surface area contributed by atoms with Crippen molar-refractivity contribution in [2.75, 3.05) is 13.1 Å². The van der Waals surface area contributed by atoms with Gasteiger partial charge in [0.1, 0.15) is 0 Å². The summed E-state index contributed by atoms with van der Waals surface area (Å²) in [5.74, 6) is 0.576. The molecule has 0 unspecified atom stereocenters. The summed E-state index contributed by atoms with van der Waals surface area (Å²) in [4.78, 5) is 15.3. The molecule has 0 aromatic carbocycles. The van der Waals surface area contributed by atoms with E-state index in [1.165, 1.54) is 70.9 Å². The van der Waals surface area contributed by atoms with Gasteiger partial charge in [0.25, 0.3) is 0 Å². The van der Waals surface area contributed by atoms with Gasteiger partial charge < -0.3 is 0 Å². The highest BCUT2D eigenvalue weighted by Crippen LogP contribution is 2.39. The summed E-state index contributed by atoms with van der Waals surface area (Å²) in [5.41, 5.74) is -0.0279. The molecule has 2 aliphatic rings. The molecule has 2 nitrogen and oxygen atoms in total. The van der Waals surface area contributed by atoms with Crippen molar-refractivity contribution in [3.8, 4) is 0 Å². The Morgan fingerprint density at radius 3 is 2.15 bits per heavy atom. The fraction of sp³-hybridized carbons (Fsp3) is 0.944. The van der Waals surface area contributed by atoms with Crippen molar-refractivity contribution in [2.24, 2.45) is 0 Å². The van der Waals surface area contributed by atoms with E-state index in [1.54, 1.807) is 0 Å². The van der Waals surface area contributed by atoms with Crippen LogP contribution in [0.5, 0.6) is 0 Å². The SMILES string of the molecule is CCCCCCCCC(=O)C1(N2CCCC2)CCCC1. The number of hydrogen-bond acceptors (Lipinski definition) is 2. The predicted molar refractivity (Wildman–Crippen MR) is 85.0 cm³/mol. The molecule has 1 saturated carbocycles. The number of carbonyl (C=O) groups excluding carboxylic acids is 1. The molecule has 1 aliphatic carbocycles. The fourth-order valence-corrected chi connectivity index (χ4v) is 4.18. The van der Waals surface area contributed by atoms with Crippen molar-refractivity contribution >= 4 is 5.78 Å². The summed E-state index contributed by atoms with van der Waals surface area (Å²) in [7, 11) is 0. The zero-order valence-corrected chi connectivity index (χ0v) is 13.5. The van der Waals surface area contributed by atoms with E-state index in [2.05, 4.69) is 11.8 Å². The Labute approximate surface area is 125 Å². The van der Waals surface area contributed by atoms with Gasteiger partial charge in [0, 0.05) is 6.42 Å². The minimum atomic E-state index is -0.0279. The smallest absolute Gasteiger partial charge is 0.153 e. The van der Waals surface area contributed by atoms with Crippen molar-refractivity contribution in [1.29, 1.82) is 0 Å². The third-order valence-corrected chi connectivity index (χ3v) is 5.42. The van der Waals surface area contributed by atoms with Crippen LogP contribution in [0.3, 0.4) is 0 Å². The van der Waals surface area contributed by atoms with Gasteiger partial charge in [0.2, 0.25) is 0 Å². The molecule has 2 rings (SSSR count). The van der Waals surface area contributed by atoms with Gasteiger partial charge in [0.05, 0.1) is 5.54 Å². The van der Waals surface area contributed by atoms with Gasteiger partial charge in [-0.05, 0) is 45.2 Å². The molecule has 0 aromatic heterocycles. The van der Waals surface area contributed by atoms with E-state index >= 15 is 0 Å². The lowest BCUT2D eigenvalue weighted by Gasteiger charge is -2.37. The van der Waals surface area contributed by atoms with Crippen LogP contribution in [-0.4, -0.2) is 29.3 Å². The molecule has 1 aliphatic heterocycles. The highest BCUT2D eigenvalue weighted by molar-refractivity contribution is 5.88. The monoisotopic (exact) mass is 279 g/mol. The molecule has 1 saturated heterocycles. The number of carbonyl (C=O) groups is 1. The van der Waals surface area contributed by atoms with Crippen molar-refractivity contribution < 1.29 is 4.79 Å². The Kier molecular flexibility index (Phi) is 6.54. The van der Waals surface area contributed by atoms with Crippen molar-refractivity contribution in [3.05, 3.63) is 0 Å². The number of rotatable bonds is 9. The molecule has 0 bridgehead atoms. The number of ketones is 1. The average molecular weight is 279 g/mol. The van der Waals surface area contributed by atoms with Gasteiger partial charge in [0.15, 0.2) is 5.78 Å². The van der Waals surface area contributed by atoms with Gasteiger partial charge in [-0.1, -0.05) is 51.9 Å². The highest BCUT2D eigenvalue weighted by atomic mass is 16.1. The van der Waals surface area contributed by atoms with Crippen LogP contribution in [0, 0.1) is 0 Å². The highest BCUT2D eigenvalue weighted by Gasteiger charge is 2.45. The van der Waals surface area contributed by atoms with E-state index in [0.29, 0.717) is 5.78 Å². The van der Waals surface area contributed by atoms with E-state index in [1.807, 2.05) is 0 Å². The van der Waals surface area contributed by atoms with Crippen molar-refractivity contribution in [2.45, 2.75) is 95.9 Å². The Hall–Kier alpha value is -0.370. The molecule has 0 spiro atoms. The quantitative estimate of drug-likeness (QED) is 0.569. The lowest BCUT2D eigenvalue weighted by atomic mass is 9.87. The van der Waals surface area contributed by atoms with E-state index in [-0.39, 0.29) is 5.54 Å². The summed E-state index contributed by atoms with van der Waals surface area (Å²) in [6.45, 7) is 4.59. The first-order valence-corrected chi connectivity index (χ1v) is 9.08. The van der Waals surface area contributed by atoms with Gasteiger partial charge >= 0.3 is 0 Å². The largest absolute Gasteiger partial charge is 0.298 e. The average Bonchev–Trinajstić information content (AvgIpc) is 3.13. The number of likely N-dealkylation sites (tertiary alicyclic amines) is 1. The molecular weight excluding hydrogens is 246 g/mol. The predicted octanol–water partition coefficient (Wildman–Crippen LogP) is 4.71. The van der Waals surface area contributed by atoms with Crippen LogP contribution in [0.4, 0.5) is 0 Å². The molecular formula is C18H33NO. The van der Waals surface area contributed by atoms with Crippen LogP contribution in [0.1, 0.15) is 90.4 Å². The number of Topliss-reactive ketones (excluding diaryl/α,β-unsaturated/α-hetero) is 1. The maximum absolute atomic E-state index is 12.8. The fourth-order valence-electron chi connectivity index (χ4n) is 4.18. The topological polar surface area (TPSA) is 20.3 Å². The Bertz CT molecular complexity index is 288. The second-order valence-electron chi connectivity index (χ2n) is 6.87. The Morgan fingerprint density at radius 2 is 1.50 bits per heavy atom. The van der Waals surface area contributed by atoms with E-state index < -0.39 is 0 Å². The summed E-state index contributed by atoms with van der Waals surface area (Å²) in [6, 6.07) is 0. The summed E-state index contributed by atoms with van der Waals surface area (Å²) < 4.78 is 0. The zero-order chi connectivity index (χ0) is 14.3. The van der Waals surface area contributed by atoms with Crippen LogP contribution in [-0.2, 0) is 4.79 Å². The molecule has 116 valence electrons. The van der Waals surface area contributed by atoms with Gasteiger partial charge in [-0.2, -0.15) is 0 Å². The molecule has 0 atom stereocenters. The summed E-state index contributed by atoms with van der Waals surface area (Å²) in [5, 5.41) is 0. The van der Waals surface area contributed by atoms with Gasteiger partial charge in [-0.15, -0.1) is 0 Å². The minimum Gasteiger partial charge on any atom is -0.298 e. The maximum Gasteiger partial charge on any atom is 0.153 e. The third-order valence-electron chi connectivity index (χ3n) is 5.42. The first-order valence-electron chi connectivity index (χ1n) is 9.08. The van der Waals surface area contributed by atoms with Gasteiger partial charge in [-0.25, -0.2) is 0 Å². The van der Waals surface area contributed by atoms with Crippen molar-refractivity contribution in [3.63, 3.8) is 0 Å². The molecule has 0 amide bonds. The molecule has 0 radical (unpaired) electrons. The van der Waals surface area contributed by atoms with Crippen LogP contribution in [0.15, 0.2) is 0 Å². The van der Waals surface area contributed by atoms with E-state index in [4.69, 9.17) is 0 Å². The van der Waals surface area contributed by atoms with Crippen LogP contribution >= 0.6 is 0 Å². The van der Waals surface area contributed by atoms with Gasteiger partial charge in [-0.3, -0.25) is 9.69 Å². The van der Waals surface area contributed by atoms with Crippen LogP contribution < -0.4 is 0 Å². The molecule has 0 aromatic rings. The number of nitrogens with zero attached hydrogens (tertiary/aromatic N) is 1. The lowest BCUT2D eigenvalue weighted by molar-refractivity contribution is -0.130. The second-order valence-corrected chi connectivity index (χ2v) is 6.87. The Balaban J connectivity index is 1.76. The first-order chi connectivity index (χ1) is 9.79. The second kappa shape index (κ2) is 8.17. The van der Waals surface area contributed by atoms with Crippen LogP contribution in [0.25, 0.3) is 0 Å². The molecule has 0 N–H and O–H groups in total. The summed E-state index contributed by atoms with van der Waals surface area (Å²) >= 11 is 0. The lowest BCUT2D eigenvalue weighted by Crippen LogP contribution is -2.51. The Morgan fingerprint density at radius 1 is 0.900 bits per heavy atom. The molecule has 2 heteroatoms. The van der Waals surface area contributed by atoms with E-state index in [0.717, 1.165) is 25.7 Å². The van der Waals surface area contributed by atoms with E-state index in [9.17, 15) is 4.79 Å². The number of hydrogen-bond donors (Lipinski definition) is 0. The minimum absolute atomic E-state index is 0.0279. The standard InChI is InChI=1S/C18H33NO/c1-2-3-4-5-6-7-12-17(20)18(13-8-9-14-18)19-15-10-11-16-19/h2-16H2,1H3. The molecule has 2 fully saturated rings. The number of unbranched alkanes of at least 4 members (excludes halogenated alkanes) is 5. The molecule has 1 heterocycles. The zero-order valence-electron chi connectivity index (χ0n) is 13.5. The maximum atomic E-state index is 12.8. The van der Waals surface area contributed by atoms with Crippen LogP contribution in [0.2, 0.25) is 0 Å².